The summed E-state index contributed by atoms with van der Waals surface area (Å²) in [5.74, 6) is 0.276. The van der Waals surface area contributed by atoms with Gasteiger partial charge >= 0.3 is 0 Å². The standard InChI is InChI=1S/C12H15FN2O2S/c13-10-2-1-8(12(14)16)7-11(10)15-9-3-5-18(17)6-4-9/h1-2,7,9,15H,3-6H2,(H2,14,16). The van der Waals surface area contributed by atoms with E-state index < -0.39 is 22.5 Å². The first-order valence-electron chi connectivity index (χ1n) is 5.77. The predicted octanol–water partition coefficient (Wildman–Crippen LogP) is 1.25. The van der Waals surface area contributed by atoms with Crippen molar-refractivity contribution in [2.45, 2.75) is 18.9 Å². The fourth-order valence-corrected chi connectivity index (χ4v) is 3.25. The molecule has 2 rings (SSSR count). The van der Waals surface area contributed by atoms with Gasteiger partial charge in [0, 0.05) is 33.9 Å². The molecular weight excluding hydrogens is 255 g/mol. The number of nitrogens with two attached hydrogens (primary N) is 1. The molecule has 6 heteroatoms. The van der Waals surface area contributed by atoms with Gasteiger partial charge in [0.25, 0.3) is 0 Å². The highest BCUT2D eigenvalue weighted by Gasteiger charge is 2.19. The minimum atomic E-state index is -0.744. The molecule has 98 valence electrons. The van der Waals surface area contributed by atoms with Crippen LogP contribution < -0.4 is 11.1 Å². The number of hydrogen-bond donors (Lipinski definition) is 2. The summed E-state index contributed by atoms with van der Waals surface area (Å²) in [5.41, 5.74) is 5.71. The maximum Gasteiger partial charge on any atom is 0.248 e. The third kappa shape index (κ3) is 3.07. The third-order valence-electron chi connectivity index (χ3n) is 3.00. The van der Waals surface area contributed by atoms with Crippen LogP contribution in [0.1, 0.15) is 23.2 Å². The van der Waals surface area contributed by atoms with Crippen LogP contribution in [0.25, 0.3) is 0 Å². The van der Waals surface area contributed by atoms with Gasteiger partial charge in [-0.2, -0.15) is 0 Å². The first-order chi connectivity index (χ1) is 8.56. The van der Waals surface area contributed by atoms with Crippen molar-refractivity contribution in [1.82, 2.24) is 0 Å². The summed E-state index contributed by atoms with van der Waals surface area (Å²) >= 11 is 0. The summed E-state index contributed by atoms with van der Waals surface area (Å²) in [4.78, 5) is 11.0. The molecule has 3 N–H and O–H groups in total. The van der Waals surface area contributed by atoms with E-state index in [-0.39, 0.29) is 17.3 Å². The second-order valence-corrected chi connectivity index (χ2v) is 6.02. The summed E-state index contributed by atoms with van der Waals surface area (Å²) < 4.78 is 24.8. The van der Waals surface area contributed by atoms with Crippen LogP contribution in [0.3, 0.4) is 0 Å². The van der Waals surface area contributed by atoms with Crippen LogP contribution in [0.2, 0.25) is 0 Å². The molecular formula is C12H15FN2O2S. The number of amides is 1. The van der Waals surface area contributed by atoms with Crippen LogP contribution in [0.5, 0.6) is 0 Å². The monoisotopic (exact) mass is 270 g/mol. The Morgan fingerprint density at radius 3 is 2.67 bits per heavy atom. The average Bonchev–Trinajstić information content (AvgIpc) is 2.34. The Bertz CT molecular complexity index is 483. The molecule has 0 aromatic heterocycles. The molecule has 4 nitrogen and oxygen atoms in total. The van der Waals surface area contributed by atoms with Crippen molar-refractivity contribution in [2.24, 2.45) is 5.73 Å². The highest BCUT2D eigenvalue weighted by atomic mass is 32.2. The molecule has 0 radical (unpaired) electrons. The number of primary amides is 1. The second kappa shape index (κ2) is 5.48. The summed E-state index contributed by atoms with van der Waals surface area (Å²) in [6, 6.07) is 4.10. The number of carbonyl (C=O) groups is 1. The van der Waals surface area contributed by atoms with Gasteiger partial charge in [0.1, 0.15) is 5.82 Å². The Hall–Kier alpha value is -1.43. The van der Waals surface area contributed by atoms with Crippen molar-refractivity contribution < 1.29 is 13.4 Å². The molecule has 0 saturated carbocycles. The lowest BCUT2D eigenvalue weighted by molar-refractivity contribution is 0.100. The highest BCUT2D eigenvalue weighted by molar-refractivity contribution is 7.85. The van der Waals surface area contributed by atoms with E-state index in [0.717, 1.165) is 12.8 Å². The molecule has 1 heterocycles. The van der Waals surface area contributed by atoms with Gasteiger partial charge in [-0.15, -0.1) is 0 Å². The fourth-order valence-electron chi connectivity index (χ4n) is 1.95. The topological polar surface area (TPSA) is 72.2 Å². The Kier molecular flexibility index (Phi) is 3.96. The van der Waals surface area contributed by atoms with Gasteiger partial charge < -0.3 is 11.1 Å². The van der Waals surface area contributed by atoms with E-state index in [0.29, 0.717) is 11.5 Å². The first-order valence-corrected chi connectivity index (χ1v) is 7.26. The highest BCUT2D eigenvalue weighted by Crippen LogP contribution is 2.20. The van der Waals surface area contributed by atoms with Gasteiger partial charge in [-0.3, -0.25) is 9.00 Å². The zero-order valence-electron chi connectivity index (χ0n) is 9.82. The van der Waals surface area contributed by atoms with Gasteiger partial charge in [-0.25, -0.2) is 4.39 Å². The zero-order chi connectivity index (χ0) is 13.1. The number of hydrogen-bond acceptors (Lipinski definition) is 3. The summed E-state index contributed by atoms with van der Waals surface area (Å²) in [7, 11) is -0.744. The van der Waals surface area contributed by atoms with E-state index >= 15 is 0 Å². The smallest absolute Gasteiger partial charge is 0.248 e. The fraction of sp³-hybridized carbons (Fsp3) is 0.417. The van der Waals surface area contributed by atoms with Gasteiger partial charge in [-0.1, -0.05) is 0 Å². The maximum atomic E-state index is 13.6. The summed E-state index contributed by atoms with van der Waals surface area (Å²) in [6.45, 7) is 0. The van der Waals surface area contributed by atoms with Crippen LogP contribution >= 0.6 is 0 Å². The largest absolute Gasteiger partial charge is 0.380 e. The van der Waals surface area contributed by atoms with Gasteiger partial charge in [0.15, 0.2) is 0 Å². The number of halogens is 1. The number of anilines is 1. The van der Waals surface area contributed by atoms with E-state index in [4.69, 9.17) is 5.73 Å². The van der Waals surface area contributed by atoms with Crippen LogP contribution in [0, 0.1) is 5.82 Å². The molecule has 0 spiro atoms. The predicted molar refractivity (Wildman–Crippen MR) is 69.4 cm³/mol. The van der Waals surface area contributed by atoms with E-state index in [1.54, 1.807) is 0 Å². The minimum absolute atomic E-state index is 0.0975. The van der Waals surface area contributed by atoms with E-state index in [1.165, 1.54) is 18.2 Å². The van der Waals surface area contributed by atoms with Crippen molar-refractivity contribution in [3.8, 4) is 0 Å². The van der Waals surface area contributed by atoms with Crippen LogP contribution in [0.4, 0.5) is 10.1 Å². The Labute approximate surface area is 107 Å². The van der Waals surface area contributed by atoms with Crippen molar-refractivity contribution in [3.05, 3.63) is 29.6 Å². The molecule has 1 fully saturated rings. The lowest BCUT2D eigenvalue weighted by Crippen LogP contribution is -2.29. The van der Waals surface area contributed by atoms with Crippen molar-refractivity contribution in [2.75, 3.05) is 16.8 Å². The van der Waals surface area contributed by atoms with E-state index in [1.807, 2.05) is 0 Å². The number of nitrogens with one attached hydrogen (secondary N) is 1. The molecule has 1 aliphatic heterocycles. The number of carbonyl (C=O) groups excluding carboxylic acids is 1. The molecule has 0 aliphatic carbocycles. The normalized spacial score (nSPS) is 23.6. The van der Waals surface area contributed by atoms with Gasteiger partial charge in [-0.05, 0) is 31.0 Å². The van der Waals surface area contributed by atoms with Crippen LogP contribution in [-0.2, 0) is 10.8 Å². The SMILES string of the molecule is NC(=O)c1ccc(F)c(NC2CCS(=O)CC2)c1. The van der Waals surface area contributed by atoms with Gasteiger partial charge in [0.2, 0.25) is 5.91 Å². The number of rotatable bonds is 3. The molecule has 1 aromatic carbocycles. The quantitative estimate of drug-likeness (QED) is 0.868. The van der Waals surface area contributed by atoms with Crippen molar-refractivity contribution >= 4 is 22.4 Å². The van der Waals surface area contributed by atoms with Crippen molar-refractivity contribution in [3.63, 3.8) is 0 Å². The Morgan fingerprint density at radius 1 is 1.39 bits per heavy atom. The average molecular weight is 270 g/mol. The minimum Gasteiger partial charge on any atom is -0.380 e. The lowest BCUT2D eigenvalue weighted by atomic mass is 10.1. The zero-order valence-corrected chi connectivity index (χ0v) is 10.6. The van der Waals surface area contributed by atoms with E-state index in [9.17, 15) is 13.4 Å². The molecule has 0 unspecified atom stereocenters. The van der Waals surface area contributed by atoms with E-state index in [2.05, 4.69) is 5.32 Å². The first kappa shape index (κ1) is 13.0. The van der Waals surface area contributed by atoms with Crippen LogP contribution in [-0.4, -0.2) is 27.7 Å². The summed E-state index contributed by atoms with van der Waals surface area (Å²) in [5, 5.41) is 3.05. The Balaban J connectivity index is 2.10. The second-order valence-electron chi connectivity index (χ2n) is 4.33. The maximum absolute atomic E-state index is 13.6. The third-order valence-corrected chi connectivity index (χ3v) is 4.38. The summed E-state index contributed by atoms with van der Waals surface area (Å²) in [6.07, 6.45) is 1.49. The molecule has 0 bridgehead atoms. The molecule has 1 saturated heterocycles. The molecule has 1 aromatic rings. The molecule has 1 aliphatic rings. The molecule has 1 amide bonds. The van der Waals surface area contributed by atoms with Crippen molar-refractivity contribution in [1.29, 1.82) is 0 Å². The molecule has 0 atom stereocenters. The molecule has 18 heavy (non-hydrogen) atoms. The Morgan fingerprint density at radius 2 is 2.06 bits per heavy atom. The lowest BCUT2D eigenvalue weighted by Gasteiger charge is -2.24. The van der Waals surface area contributed by atoms with Crippen LogP contribution in [0.15, 0.2) is 18.2 Å². The van der Waals surface area contributed by atoms with Gasteiger partial charge in [0.05, 0.1) is 5.69 Å². The number of benzene rings is 1.